The van der Waals surface area contributed by atoms with Crippen LogP contribution in [0.15, 0.2) is 66.7 Å². The molecule has 0 radical (unpaired) electrons. The van der Waals surface area contributed by atoms with E-state index in [2.05, 4.69) is 15.2 Å². The van der Waals surface area contributed by atoms with E-state index in [9.17, 15) is 4.79 Å². The number of nitrogens with one attached hydrogen (secondary N) is 2. The minimum Gasteiger partial charge on any atom is -0.493 e. The summed E-state index contributed by atoms with van der Waals surface area (Å²) in [4.78, 5) is 23.1. The molecule has 1 saturated carbocycles. The maximum Gasteiger partial charge on any atom is 0.255 e. The topological polar surface area (TPSA) is 79.5 Å². The fourth-order valence-electron chi connectivity index (χ4n) is 4.27. The van der Waals surface area contributed by atoms with Gasteiger partial charge in [-0.15, -0.1) is 0 Å². The molecule has 1 aromatic heterocycles. The second-order valence-corrected chi connectivity index (χ2v) is 9.20. The van der Waals surface area contributed by atoms with E-state index in [0.717, 1.165) is 72.5 Å². The van der Waals surface area contributed by atoms with Gasteiger partial charge in [0, 0.05) is 41.7 Å². The summed E-state index contributed by atoms with van der Waals surface area (Å²) in [5.41, 5.74) is 5.26. The Kier molecular flexibility index (Phi) is 5.84. The van der Waals surface area contributed by atoms with Gasteiger partial charge in [0.2, 0.25) is 0 Å². The summed E-state index contributed by atoms with van der Waals surface area (Å²) in [6.45, 7) is 4.06. The van der Waals surface area contributed by atoms with Crippen LogP contribution in [0.3, 0.4) is 0 Å². The van der Waals surface area contributed by atoms with Crippen LogP contribution in [0.1, 0.15) is 23.2 Å². The molecule has 1 saturated heterocycles. The van der Waals surface area contributed by atoms with Gasteiger partial charge in [0.1, 0.15) is 11.6 Å². The Hall–Kier alpha value is -3.84. The van der Waals surface area contributed by atoms with E-state index in [-0.39, 0.29) is 5.91 Å². The second-order valence-electron chi connectivity index (χ2n) is 9.20. The van der Waals surface area contributed by atoms with Crippen LogP contribution in [0.5, 0.6) is 5.75 Å². The summed E-state index contributed by atoms with van der Waals surface area (Å²) in [6, 6.07) is 21.4. The van der Waals surface area contributed by atoms with Gasteiger partial charge in [0.25, 0.3) is 5.91 Å². The van der Waals surface area contributed by atoms with E-state index in [0.29, 0.717) is 11.5 Å². The van der Waals surface area contributed by atoms with Crippen molar-refractivity contribution in [2.75, 3.05) is 43.1 Å². The smallest absolute Gasteiger partial charge is 0.255 e. The fourth-order valence-corrected chi connectivity index (χ4v) is 4.27. The van der Waals surface area contributed by atoms with Crippen molar-refractivity contribution >= 4 is 28.3 Å². The van der Waals surface area contributed by atoms with Crippen LogP contribution in [0.4, 0.5) is 11.4 Å². The van der Waals surface area contributed by atoms with Crippen molar-refractivity contribution < 1.29 is 14.3 Å². The number of amides is 1. The van der Waals surface area contributed by atoms with Gasteiger partial charge in [0.15, 0.2) is 0 Å². The highest BCUT2D eigenvalue weighted by molar-refractivity contribution is 6.04. The molecule has 2 heterocycles. The molecule has 2 aliphatic rings. The van der Waals surface area contributed by atoms with Crippen LogP contribution >= 0.6 is 0 Å². The molecule has 178 valence electrons. The first-order valence-electron chi connectivity index (χ1n) is 12.2. The van der Waals surface area contributed by atoms with Crippen LogP contribution in [0.2, 0.25) is 0 Å². The Bertz CT molecular complexity index is 1320. The molecular formula is C28H28N4O3. The minimum absolute atomic E-state index is 0.141. The van der Waals surface area contributed by atoms with Crippen molar-refractivity contribution in [2.45, 2.75) is 12.8 Å². The predicted octanol–water partition coefficient (Wildman–Crippen LogP) is 5.11. The number of imidazole rings is 1. The van der Waals surface area contributed by atoms with E-state index in [1.165, 1.54) is 12.8 Å². The first kappa shape index (κ1) is 21.7. The van der Waals surface area contributed by atoms with Gasteiger partial charge in [-0.3, -0.25) is 4.79 Å². The van der Waals surface area contributed by atoms with Gasteiger partial charge < -0.3 is 24.7 Å². The number of aromatic amines is 1. The third-order valence-electron chi connectivity index (χ3n) is 6.56. The zero-order chi connectivity index (χ0) is 23.6. The maximum atomic E-state index is 12.8. The van der Waals surface area contributed by atoms with Crippen molar-refractivity contribution in [3.8, 4) is 17.1 Å². The molecule has 0 spiro atoms. The Labute approximate surface area is 204 Å². The Morgan fingerprint density at radius 3 is 2.54 bits per heavy atom. The highest BCUT2D eigenvalue weighted by Crippen LogP contribution is 2.30. The van der Waals surface area contributed by atoms with Gasteiger partial charge in [0.05, 0.1) is 30.9 Å². The quantitative estimate of drug-likeness (QED) is 0.394. The van der Waals surface area contributed by atoms with Crippen LogP contribution < -0.4 is 15.0 Å². The van der Waals surface area contributed by atoms with Gasteiger partial charge in [-0.05, 0) is 67.3 Å². The van der Waals surface area contributed by atoms with E-state index in [1.807, 2.05) is 66.7 Å². The highest BCUT2D eigenvalue weighted by atomic mass is 16.5. The lowest BCUT2D eigenvalue weighted by atomic mass is 10.1. The summed E-state index contributed by atoms with van der Waals surface area (Å²) < 4.78 is 11.3. The third-order valence-corrected chi connectivity index (χ3v) is 6.56. The molecule has 6 rings (SSSR count). The number of carbonyl (C=O) groups is 1. The molecule has 35 heavy (non-hydrogen) atoms. The predicted molar refractivity (Wildman–Crippen MR) is 137 cm³/mol. The third kappa shape index (κ3) is 5.00. The van der Waals surface area contributed by atoms with Gasteiger partial charge in [-0.25, -0.2) is 4.98 Å². The summed E-state index contributed by atoms with van der Waals surface area (Å²) in [5, 5.41) is 2.98. The number of hydrogen-bond acceptors (Lipinski definition) is 5. The lowest BCUT2D eigenvalue weighted by Crippen LogP contribution is -2.36. The minimum atomic E-state index is -0.141. The van der Waals surface area contributed by atoms with Gasteiger partial charge in [-0.1, -0.05) is 12.1 Å². The zero-order valence-corrected chi connectivity index (χ0v) is 19.5. The molecule has 0 atom stereocenters. The molecule has 7 heteroatoms. The molecule has 7 nitrogen and oxygen atoms in total. The summed E-state index contributed by atoms with van der Waals surface area (Å²) >= 11 is 0. The van der Waals surface area contributed by atoms with Crippen molar-refractivity contribution in [2.24, 2.45) is 5.92 Å². The van der Waals surface area contributed by atoms with Crippen LogP contribution in [0.25, 0.3) is 22.4 Å². The zero-order valence-electron chi connectivity index (χ0n) is 19.5. The number of ether oxygens (including phenoxy) is 2. The summed E-state index contributed by atoms with van der Waals surface area (Å²) in [6.07, 6.45) is 2.54. The van der Waals surface area contributed by atoms with E-state index in [4.69, 9.17) is 14.5 Å². The molecular weight excluding hydrogens is 440 g/mol. The highest BCUT2D eigenvalue weighted by Gasteiger charge is 2.22. The second kappa shape index (κ2) is 9.43. The molecule has 2 N–H and O–H groups in total. The molecule has 1 amide bonds. The van der Waals surface area contributed by atoms with E-state index >= 15 is 0 Å². The average molecular weight is 469 g/mol. The monoisotopic (exact) mass is 468 g/mol. The Morgan fingerprint density at radius 1 is 1.03 bits per heavy atom. The number of hydrogen-bond donors (Lipinski definition) is 2. The molecule has 4 aromatic rings. The first-order chi connectivity index (χ1) is 17.2. The van der Waals surface area contributed by atoms with Crippen molar-refractivity contribution in [1.82, 2.24) is 9.97 Å². The standard InChI is InChI=1S/C28H28N4O3/c33-28(29-22-7-9-23(10-8-22)32-13-15-34-16-14-32)21-5-3-20(4-6-21)27-30-25-12-11-24(17-26(25)31-27)35-18-19-1-2-19/h3-12,17,19H,1-2,13-16,18H2,(H,29,33)(H,30,31). The number of H-pyrrole nitrogens is 1. The van der Waals surface area contributed by atoms with Crippen LogP contribution in [-0.2, 0) is 4.74 Å². The summed E-state index contributed by atoms with van der Waals surface area (Å²) in [5.74, 6) is 2.21. The Morgan fingerprint density at radius 2 is 1.80 bits per heavy atom. The molecule has 2 fully saturated rings. The molecule has 3 aromatic carbocycles. The van der Waals surface area contributed by atoms with Crippen molar-refractivity contribution in [3.05, 3.63) is 72.3 Å². The van der Waals surface area contributed by atoms with E-state index < -0.39 is 0 Å². The van der Waals surface area contributed by atoms with Gasteiger partial charge in [-0.2, -0.15) is 0 Å². The largest absolute Gasteiger partial charge is 0.493 e. The van der Waals surface area contributed by atoms with Gasteiger partial charge >= 0.3 is 0 Å². The molecule has 0 bridgehead atoms. The molecule has 0 unspecified atom stereocenters. The molecule has 1 aliphatic heterocycles. The number of nitrogens with zero attached hydrogens (tertiary/aromatic N) is 2. The first-order valence-corrected chi connectivity index (χ1v) is 12.2. The number of morpholine rings is 1. The van der Waals surface area contributed by atoms with Crippen molar-refractivity contribution in [1.29, 1.82) is 0 Å². The molecule has 1 aliphatic carbocycles. The SMILES string of the molecule is O=C(Nc1ccc(N2CCOCC2)cc1)c1ccc(-c2nc3ccc(OCC4CC4)cc3[nH]2)cc1. The fraction of sp³-hybridized carbons (Fsp3) is 0.286. The number of benzene rings is 3. The lowest BCUT2D eigenvalue weighted by molar-refractivity contribution is 0.102. The summed E-state index contributed by atoms with van der Waals surface area (Å²) in [7, 11) is 0. The number of anilines is 2. The number of aromatic nitrogens is 2. The van der Waals surface area contributed by atoms with Crippen molar-refractivity contribution in [3.63, 3.8) is 0 Å². The normalized spacial score (nSPS) is 15.8. The lowest BCUT2D eigenvalue weighted by Gasteiger charge is -2.28. The number of rotatable bonds is 7. The number of fused-ring (bicyclic) bond motifs is 1. The van der Waals surface area contributed by atoms with E-state index in [1.54, 1.807) is 0 Å². The maximum absolute atomic E-state index is 12.8. The Balaban J connectivity index is 1.11. The number of carbonyl (C=O) groups excluding carboxylic acids is 1. The van der Waals surface area contributed by atoms with Crippen LogP contribution in [0, 0.1) is 5.92 Å². The average Bonchev–Trinajstić information content (AvgIpc) is 3.65. The van der Waals surface area contributed by atoms with Crippen LogP contribution in [-0.4, -0.2) is 48.8 Å².